The molecule has 4 N–H and O–H groups in total. The zero-order valence-electron chi connectivity index (χ0n) is 37.4. The van der Waals surface area contributed by atoms with E-state index in [1.165, 1.54) is 38.5 Å². The molecule has 2 atom stereocenters. The zero-order chi connectivity index (χ0) is 44.6. The van der Waals surface area contributed by atoms with E-state index in [2.05, 4.69) is 10.6 Å². The van der Waals surface area contributed by atoms with Crippen LogP contribution in [0, 0.1) is 0 Å². The predicted molar refractivity (Wildman–Crippen MR) is 223 cm³/mol. The van der Waals surface area contributed by atoms with Crippen LogP contribution in [0.2, 0.25) is 0 Å². The summed E-state index contributed by atoms with van der Waals surface area (Å²) in [6.07, 6.45) is 15.0. The molecule has 59 heavy (non-hydrogen) atoms. The Morgan fingerprint density at radius 3 is 1.22 bits per heavy atom. The number of ether oxygens (including phenoxy) is 3. The molecule has 0 aromatic carbocycles. The first kappa shape index (κ1) is 52.7. The summed E-state index contributed by atoms with van der Waals surface area (Å²) < 4.78 is 16.8. The van der Waals surface area contributed by atoms with E-state index in [0.717, 1.165) is 57.1 Å². The number of aromatic hydroxyl groups is 2. The number of rotatable bonds is 28. The Kier molecular flexibility index (Phi) is 23.9. The first-order chi connectivity index (χ1) is 27.5. The van der Waals surface area contributed by atoms with E-state index in [-0.39, 0.29) is 44.0 Å². The average molecular weight is 838 g/mol. The van der Waals surface area contributed by atoms with Crippen molar-refractivity contribution in [1.82, 2.24) is 15.4 Å². The molecule has 2 amide bonds. The molecule has 1 heterocycles. The van der Waals surface area contributed by atoms with Crippen LogP contribution in [0.3, 0.4) is 0 Å². The highest BCUT2D eigenvalue weighted by molar-refractivity contribution is 5.87. The van der Waals surface area contributed by atoms with E-state index < -0.39 is 64.5 Å². The van der Waals surface area contributed by atoms with Gasteiger partial charge in [0.1, 0.15) is 28.9 Å². The van der Waals surface area contributed by atoms with Gasteiger partial charge in [0.15, 0.2) is 0 Å². The monoisotopic (exact) mass is 838 g/mol. The second-order valence-corrected chi connectivity index (χ2v) is 18.2. The highest BCUT2D eigenvalue weighted by Crippen LogP contribution is 2.20. The second kappa shape index (κ2) is 26.7. The minimum absolute atomic E-state index is 0.0996. The van der Waals surface area contributed by atoms with Crippen molar-refractivity contribution >= 4 is 35.7 Å². The number of carbonyl (C=O) groups excluding carboxylic acids is 6. The molecular formula is C44H75N3O12. The summed E-state index contributed by atoms with van der Waals surface area (Å²) in [5.41, 5.74) is -2.15. The molecule has 0 aliphatic carbocycles. The Morgan fingerprint density at radius 1 is 0.492 bits per heavy atom. The van der Waals surface area contributed by atoms with E-state index in [4.69, 9.17) is 19.0 Å². The van der Waals surface area contributed by atoms with Gasteiger partial charge in [-0.3, -0.25) is 14.4 Å². The third-order valence-electron chi connectivity index (χ3n) is 8.80. The average Bonchev–Trinajstić information content (AvgIpc) is 3.41. The lowest BCUT2D eigenvalue weighted by Crippen LogP contribution is -2.47. The van der Waals surface area contributed by atoms with Crippen LogP contribution in [0.25, 0.3) is 0 Å². The highest BCUT2D eigenvalue weighted by atomic mass is 16.7. The maximum absolute atomic E-state index is 13.1. The van der Waals surface area contributed by atoms with Crippen molar-refractivity contribution in [3.05, 3.63) is 12.1 Å². The molecule has 1 aromatic rings. The molecule has 0 fully saturated rings. The second-order valence-electron chi connectivity index (χ2n) is 18.2. The molecule has 0 saturated heterocycles. The maximum atomic E-state index is 13.1. The quantitative estimate of drug-likeness (QED) is 0.0365. The van der Waals surface area contributed by atoms with E-state index in [0.29, 0.717) is 17.6 Å². The molecule has 1 rings (SSSR count). The minimum atomic E-state index is -1.26. The third kappa shape index (κ3) is 27.2. The fourth-order valence-corrected chi connectivity index (χ4v) is 6.03. The van der Waals surface area contributed by atoms with E-state index >= 15 is 0 Å². The van der Waals surface area contributed by atoms with Crippen LogP contribution in [0.15, 0.2) is 12.1 Å². The van der Waals surface area contributed by atoms with Crippen LogP contribution in [0.1, 0.15) is 191 Å². The van der Waals surface area contributed by atoms with Gasteiger partial charge in [-0.25, -0.2) is 14.4 Å². The molecule has 0 aliphatic rings. The van der Waals surface area contributed by atoms with E-state index in [9.17, 15) is 39.0 Å². The lowest BCUT2D eigenvalue weighted by molar-refractivity contribution is -0.160. The summed E-state index contributed by atoms with van der Waals surface area (Å²) in [7, 11) is 0. The van der Waals surface area contributed by atoms with Gasteiger partial charge in [-0.1, -0.05) is 77.0 Å². The topological polar surface area (TPSA) is 209 Å². The number of aromatic nitrogens is 1. The summed E-state index contributed by atoms with van der Waals surface area (Å²) in [5.74, 6) is -4.47. The number of carbonyl (C=O) groups is 6. The number of amides is 2. The van der Waals surface area contributed by atoms with Crippen LogP contribution in [-0.2, 0) is 43.0 Å². The third-order valence-corrected chi connectivity index (χ3v) is 8.80. The fraction of sp³-hybridized carbons (Fsp3) is 0.773. The molecule has 15 heteroatoms. The molecule has 0 spiro atoms. The van der Waals surface area contributed by atoms with E-state index in [1.807, 2.05) is 20.8 Å². The molecule has 0 unspecified atom stereocenters. The first-order valence-corrected chi connectivity index (χ1v) is 21.5. The fourth-order valence-electron chi connectivity index (χ4n) is 6.03. The highest BCUT2D eigenvalue weighted by Gasteiger charge is 2.30. The molecule has 15 nitrogen and oxygen atoms in total. The Bertz CT molecular complexity index is 1430. The van der Waals surface area contributed by atoms with Crippen molar-refractivity contribution in [2.45, 2.75) is 220 Å². The summed E-state index contributed by atoms with van der Waals surface area (Å²) in [5, 5.41) is 24.8. The molecule has 0 aliphatic heterocycles. The number of hydrogen-bond acceptors (Lipinski definition) is 12. The standard InChI is InChI=1S/C44H75N3O12/c1-42(2,3)56-38(52)25-23-21-19-17-15-13-11-10-12-14-16-18-20-22-24-34(48)45-32(40(54)57-43(4,5)6)26-28-35(49)46-33(41(55)58-44(7,8)9)27-31-39(53)59-47-36(50)29-30-37(47)51/h29-30,32-33,50-51H,10-28,31H2,1-9H3,(H,45,48)(H,46,49)/t32-,33-/m0/s1. The molecule has 0 saturated carbocycles. The van der Waals surface area contributed by atoms with Crippen molar-refractivity contribution in [2.24, 2.45) is 0 Å². The number of hydrogen-bond donors (Lipinski definition) is 4. The Morgan fingerprint density at radius 2 is 0.831 bits per heavy atom. The van der Waals surface area contributed by atoms with Crippen LogP contribution >= 0.6 is 0 Å². The van der Waals surface area contributed by atoms with Gasteiger partial charge < -0.3 is 39.9 Å². The summed E-state index contributed by atoms with van der Waals surface area (Å²) in [4.78, 5) is 81.2. The van der Waals surface area contributed by atoms with Gasteiger partial charge in [0, 0.05) is 31.4 Å². The number of nitrogens with one attached hydrogen (secondary N) is 2. The van der Waals surface area contributed by atoms with Crippen LogP contribution < -0.4 is 15.5 Å². The van der Waals surface area contributed by atoms with Gasteiger partial charge >= 0.3 is 23.9 Å². The van der Waals surface area contributed by atoms with Gasteiger partial charge in [-0.05, 0) is 88.0 Å². The van der Waals surface area contributed by atoms with Crippen molar-refractivity contribution in [2.75, 3.05) is 0 Å². The molecule has 338 valence electrons. The Hall–Kier alpha value is -4.30. The summed E-state index contributed by atoms with van der Waals surface area (Å²) in [6.45, 7) is 15.7. The van der Waals surface area contributed by atoms with Crippen molar-refractivity contribution < 1.29 is 58.0 Å². The van der Waals surface area contributed by atoms with Crippen LogP contribution in [0.4, 0.5) is 0 Å². The first-order valence-electron chi connectivity index (χ1n) is 21.5. The normalized spacial score (nSPS) is 12.9. The van der Waals surface area contributed by atoms with Crippen molar-refractivity contribution in [1.29, 1.82) is 0 Å². The lowest BCUT2D eigenvalue weighted by atomic mass is 10.0. The van der Waals surface area contributed by atoms with Gasteiger partial charge in [-0.15, -0.1) is 4.73 Å². The zero-order valence-corrected chi connectivity index (χ0v) is 37.4. The van der Waals surface area contributed by atoms with Gasteiger partial charge in [0.25, 0.3) is 0 Å². The van der Waals surface area contributed by atoms with Crippen LogP contribution in [0.5, 0.6) is 11.8 Å². The number of nitrogens with zero attached hydrogens (tertiary/aromatic N) is 1. The predicted octanol–water partition coefficient (Wildman–Crippen LogP) is 7.65. The summed E-state index contributed by atoms with van der Waals surface area (Å²) in [6, 6.07) is -0.125. The molecular weight excluding hydrogens is 762 g/mol. The smallest absolute Gasteiger partial charge is 0.333 e. The van der Waals surface area contributed by atoms with Crippen LogP contribution in [-0.4, -0.2) is 79.5 Å². The SMILES string of the molecule is CC(C)(C)OC(=O)CCCCCCCCCCCCCCCCC(=O)N[C@@H](CCC(=O)N[C@@H](CCC(=O)On1c(O)ccc1O)C(=O)OC(C)(C)C)C(=O)OC(C)(C)C. The molecule has 0 bridgehead atoms. The number of esters is 3. The van der Waals surface area contributed by atoms with E-state index in [1.54, 1.807) is 41.5 Å². The van der Waals surface area contributed by atoms with Gasteiger partial charge in [0.05, 0.1) is 6.42 Å². The molecule has 0 radical (unpaired) electrons. The van der Waals surface area contributed by atoms with Crippen molar-refractivity contribution in [3.8, 4) is 11.8 Å². The van der Waals surface area contributed by atoms with Gasteiger partial charge in [0.2, 0.25) is 23.6 Å². The Balaban J connectivity index is 2.46. The maximum Gasteiger partial charge on any atom is 0.333 e. The number of unbranched alkanes of at least 4 members (excludes halogenated alkanes) is 13. The molecule has 1 aromatic heterocycles. The summed E-state index contributed by atoms with van der Waals surface area (Å²) >= 11 is 0. The van der Waals surface area contributed by atoms with Crippen molar-refractivity contribution in [3.63, 3.8) is 0 Å². The Labute approximate surface area is 352 Å². The van der Waals surface area contributed by atoms with Gasteiger partial charge in [-0.2, -0.15) is 0 Å². The minimum Gasteiger partial charge on any atom is -0.492 e. The lowest BCUT2D eigenvalue weighted by Gasteiger charge is -2.26. The largest absolute Gasteiger partial charge is 0.492 e.